The van der Waals surface area contributed by atoms with Crippen LogP contribution in [0.2, 0.25) is 0 Å². The van der Waals surface area contributed by atoms with Crippen molar-refractivity contribution in [1.29, 1.82) is 0 Å². The SMILES string of the molecule is CC(C)CCN(C)c1cc(C(C)N)ccn1. The molecule has 1 aromatic rings. The Morgan fingerprint density at radius 1 is 1.38 bits per heavy atom. The lowest BCUT2D eigenvalue weighted by atomic mass is 10.1. The van der Waals surface area contributed by atoms with E-state index in [1.807, 2.05) is 19.2 Å². The molecule has 0 saturated carbocycles. The Morgan fingerprint density at radius 2 is 2.06 bits per heavy atom. The van der Waals surface area contributed by atoms with Gasteiger partial charge in [0.15, 0.2) is 0 Å². The molecule has 1 atom stereocenters. The van der Waals surface area contributed by atoms with Crippen LogP contribution in [-0.2, 0) is 0 Å². The predicted molar refractivity (Wildman–Crippen MR) is 69.6 cm³/mol. The quantitative estimate of drug-likeness (QED) is 0.831. The molecule has 1 heterocycles. The number of anilines is 1. The van der Waals surface area contributed by atoms with Crippen molar-refractivity contribution in [2.75, 3.05) is 18.5 Å². The second kappa shape index (κ2) is 5.85. The van der Waals surface area contributed by atoms with Gasteiger partial charge in [-0.3, -0.25) is 0 Å². The van der Waals surface area contributed by atoms with Crippen molar-refractivity contribution >= 4 is 5.82 Å². The molecule has 90 valence electrons. The molecule has 0 spiro atoms. The number of pyridine rings is 1. The van der Waals surface area contributed by atoms with Crippen LogP contribution in [0.25, 0.3) is 0 Å². The third-order valence-corrected chi connectivity index (χ3v) is 2.73. The van der Waals surface area contributed by atoms with Gasteiger partial charge in [-0.05, 0) is 37.0 Å². The smallest absolute Gasteiger partial charge is 0.128 e. The number of rotatable bonds is 5. The zero-order valence-corrected chi connectivity index (χ0v) is 10.8. The fourth-order valence-electron chi connectivity index (χ4n) is 1.49. The van der Waals surface area contributed by atoms with Gasteiger partial charge in [0.1, 0.15) is 5.82 Å². The van der Waals surface area contributed by atoms with Crippen LogP contribution < -0.4 is 10.6 Å². The minimum absolute atomic E-state index is 0.0697. The number of nitrogens with zero attached hydrogens (tertiary/aromatic N) is 2. The van der Waals surface area contributed by atoms with Crippen LogP contribution in [-0.4, -0.2) is 18.6 Å². The fourth-order valence-corrected chi connectivity index (χ4v) is 1.49. The van der Waals surface area contributed by atoms with Crippen molar-refractivity contribution in [3.05, 3.63) is 23.9 Å². The lowest BCUT2D eigenvalue weighted by Crippen LogP contribution is -2.21. The summed E-state index contributed by atoms with van der Waals surface area (Å²) in [6, 6.07) is 4.12. The van der Waals surface area contributed by atoms with Crippen molar-refractivity contribution in [3.8, 4) is 0 Å². The van der Waals surface area contributed by atoms with E-state index in [2.05, 4.69) is 36.8 Å². The second-order valence-corrected chi connectivity index (χ2v) is 4.84. The van der Waals surface area contributed by atoms with Gasteiger partial charge in [-0.1, -0.05) is 13.8 Å². The zero-order chi connectivity index (χ0) is 12.1. The molecule has 0 aliphatic rings. The maximum Gasteiger partial charge on any atom is 0.128 e. The number of aromatic nitrogens is 1. The van der Waals surface area contributed by atoms with Gasteiger partial charge in [-0.25, -0.2) is 4.98 Å². The molecule has 1 rings (SSSR count). The lowest BCUT2D eigenvalue weighted by Gasteiger charge is -2.20. The van der Waals surface area contributed by atoms with E-state index in [-0.39, 0.29) is 6.04 Å². The number of hydrogen-bond donors (Lipinski definition) is 1. The van der Waals surface area contributed by atoms with Gasteiger partial charge in [-0.15, -0.1) is 0 Å². The Kier molecular flexibility index (Phi) is 4.74. The van der Waals surface area contributed by atoms with E-state index >= 15 is 0 Å². The lowest BCUT2D eigenvalue weighted by molar-refractivity contribution is 0.583. The van der Waals surface area contributed by atoms with Crippen molar-refractivity contribution in [2.45, 2.75) is 33.2 Å². The molecule has 0 aromatic carbocycles. The number of hydrogen-bond acceptors (Lipinski definition) is 3. The van der Waals surface area contributed by atoms with Gasteiger partial charge in [0.2, 0.25) is 0 Å². The Hall–Kier alpha value is -1.09. The minimum atomic E-state index is 0.0697. The summed E-state index contributed by atoms with van der Waals surface area (Å²) in [6.45, 7) is 7.50. The molecule has 0 bridgehead atoms. The van der Waals surface area contributed by atoms with Crippen LogP contribution in [0.3, 0.4) is 0 Å². The summed E-state index contributed by atoms with van der Waals surface area (Å²) in [7, 11) is 2.08. The molecule has 0 amide bonds. The number of nitrogens with two attached hydrogens (primary N) is 1. The van der Waals surface area contributed by atoms with E-state index < -0.39 is 0 Å². The highest BCUT2D eigenvalue weighted by Gasteiger charge is 2.06. The fraction of sp³-hybridized carbons (Fsp3) is 0.615. The van der Waals surface area contributed by atoms with Crippen LogP contribution in [0.1, 0.15) is 38.8 Å². The summed E-state index contributed by atoms with van der Waals surface area (Å²) in [5.41, 5.74) is 7.00. The average Bonchev–Trinajstić information content (AvgIpc) is 2.26. The Bertz CT molecular complexity index is 321. The Labute approximate surface area is 98.7 Å². The first kappa shape index (κ1) is 13.0. The molecule has 2 N–H and O–H groups in total. The summed E-state index contributed by atoms with van der Waals surface area (Å²) < 4.78 is 0. The van der Waals surface area contributed by atoms with Crippen molar-refractivity contribution in [2.24, 2.45) is 11.7 Å². The van der Waals surface area contributed by atoms with E-state index in [1.54, 1.807) is 0 Å². The van der Waals surface area contributed by atoms with Gasteiger partial charge in [0.25, 0.3) is 0 Å². The average molecular weight is 221 g/mol. The van der Waals surface area contributed by atoms with E-state index in [1.165, 1.54) is 6.42 Å². The van der Waals surface area contributed by atoms with E-state index in [4.69, 9.17) is 5.73 Å². The molecule has 3 nitrogen and oxygen atoms in total. The molecule has 0 aliphatic carbocycles. The molecule has 1 unspecified atom stereocenters. The minimum Gasteiger partial charge on any atom is -0.360 e. The first-order valence-corrected chi connectivity index (χ1v) is 5.93. The maximum absolute atomic E-state index is 5.86. The van der Waals surface area contributed by atoms with E-state index in [0.717, 1.165) is 23.8 Å². The molecule has 1 aromatic heterocycles. The van der Waals surface area contributed by atoms with Gasteiger partial charge in [-0.2, -0.15) is 0 Å². The molecule has 0 saturated heterocycles. The highest BCUT2D eigenvalue weighted by Crippen LogP contribution is 2.16. The van der Waals surface area contributed by atoms with Gasteiger partial charge in [0, 0.05) is 25.8 Å². The molecular weight excluding hydrogens is 198 g/mol. The van der Waals surface area contributed by atoms with Crippen LogP contribution in [0.4, 0.5) is 5.82 Å². The first-order chi connectivity index (χ1) is 7.50. The molecular formula is C13H23N3. The monoisotopic (exact) mass is 221 g/mol. The summed E-state index contributed by atoms with van der Waals surface area (Å²) in [5.74, 6) is 1.73. The molecule has 16 heavy (non-hydrogen) atoms. The van der Waals surface area contributed by atoms with Crippen LogP contribution in [0, 0.1) is 5.92 Å². The zero-order valence-electron chi connectivity index (χ0n) is 10.8. The van der Waals surface area contributed by atoms with Gasteiger partial charge in [0.05, 0.1) is 0 Å². The highest BCUT2D eigenvalue weighted by molar-refractivity contribution is 5.40. The second-order valence-electron chi connectivity index (χ2n) is 4.84. The normalized spacial score (nSPS) is 12.9. The Balaban J connectivity index is 2.68. The van der Waals surface area contributed by atoms with Crippen molar-refractivity contribution in [3.63, 3.8) is 0 Å². The standard InChI is InChI=1S/C13H23N3/c1-10(2)6-8-16(4)13-9-12(11(3)14)5-7-15-13/h5,7,9-11H,6,8,14H2,1-4H3. The van der Waals surface area contributed by atoms with Crippen molar-refractivity contribution < 1.29 is 0 Å². The predicted octanol–water partition coefficient (Wildman–Crippen LogP) is 2.58. The summed E-state index contributed by atoms with van der Waals surface area (Å²) in [6.07, 6.45) is 3.01. The third-order valence-electron chi connectivity index (χ3n) is 2.73. The van der Waals surface area contributed by atoms with Crippen LogP contribution >= 0.6 is 0 Å². The van der Waals surface area contributed by atoms with Gasteiger partial charge < -0.3 is 10.6 Å². The molecule has 0 fully saturated rings. The summed E-state index contributed by atoms with van der Waals surface area (Å²) in [4.78, 5) is 6.56. The van der Waals surface area contributed by atoms with E-state index in [0.29, 0.717) is 0 Å². The Morgan fingerprint density at radius 3 is 2.62 bits per heavy atom. The van der Waals surface area contributed by atoms with Gasteiger partial charge >= 0.3 is 0 Å². The molecule has 0 radical (unpaired) electrons. The maximum atomic E-state index is 5.86. The largest absolute Gasteiger partial charge is 0.360 e. The summed E-state index contributed by atoms with van der Waals surface area (Å²) in [5, 5.41) is 0. The first-order valence-electron chi connectivity index (χ1n) is 5.93. The molecule has 3 heteroatoms. The highest BCUT2D eigenvalue weighted by atomic mass is 15.2. The third kappa shape index (κ3) is 3.81. The topological polar surface area (TPSA) is 42.1 Å². The van der Waals surface area contributed by atoms with Crippen LogP contribution in [0.5, 0.6) is 0 Å². The van der Waals surface area contributed by atoms with Crippen molar-refractivity contribution in [1.82, 2.24) is 4.98 Å². The molecule has 0 aliphatic heterocycles. The van der Waals surface area contributed by atoms with Crippen LogP contribution in [0.15, 0.2) is 18.3 Å². The van der Waals surface area contributed by atoms with E-state index in [9.17, 15) is 0 Å². The summed E-state index contributed by atoms with van der Waals surface area (Å²) >= 11 is 0.